The maximum Gasteiger partial charge on any atom is 0.0701 e. The van der Waals surface area contributed by atoms with E-state index in [1.807, 2.05) is 0 Å². The summed E-state index contributed by atoms with van der Waals surface area (Å²) in [5, 5.41) is 2.13. The number of hydrogen-bond acceptors (Lipinski definition) is 2. The van der Waals surface area contributed by atoms with Gasteiger partial charge in [0.15, 0.2) is 0 Å². The zero-order valence-electron chi connectivity index (χ0n) is 11.0. The van der Waals surface area contributed by atoms with Gasteiger partial charge in [-0.2, -0.15) is 0 Å². The summed E-state index contributed by atoms with van der Waals surface area (Å²) in [6.45, 7) is 6.48. The number of nitrogens with two attached hydrogens (primary N) is 1. The lowest BCUT2D eigenvalue weighted by molar-refractivity contribution is 0.718. The molecule has 18 heavy (non-hydrogen) atoms. The first-order valence-corrected chi connectivity index (χ1v) is 7.71. The molecular formula is C15H18BrNS. The van der Waals surface area contributed by atoms with Gasteiger partial charge in [-0.15, -0.1) is 11.3 Å². The zero-order valence-corrected chi connectivity index (χ0v) is 13.4. The van der Waals surface area contributed by atoms with E-state index in [1.165, 1.54) is 27.8 Å². The molecule has 1 aromatic heterocycles. The number of halogens is 1. The molecule has 0 amide bonds. The van der Waals surface area contributed by atoms with Gasteiger partial charge in [0.25, 0.3) is 0 Å². The number of thiophene rings is 1. The molecular weight excluding hydrogens is 306 g/mol. The van der Waals surface area contributed by atoms with Crippen LogP contribution in [-0.4, -0.2) is 0 Å². The number of aryl methyl sites for hydroxylation is 3. The molecule has 0 aliphatic rings. The van der Waals surface area contributed by atoms with E-state index >= 15 is 0 Å². The van der Waals surface area contributed by atoms with Crippen molar-refractivity contribution in [3.63, 3.8) is 0 Å². The lowest BCUT2D eigenvalue weighted by atomic mass is 9.93. The Balaban J connectivity index is 2.24. The van der Waals surface area contributed by atoms with Gasteiger partial charge in [-0.05, 0) is 76.8 Å². The molecule has 2 N–H and O–H groups in total. The first-order valence-electron chi connectivity index (χ1n) is 6.03. The minimum Gasteiger partial charge on any atom is -0.324 e. The van der Waals surface area contributed by atoms with Crippen molar-refractivity contribution >= 4 is 27.3 Å². The monoisotopic (exact) mass is 323 g/mol. The summed E-state index contributed by atoms with van der Waals surface area (Å²) < 4.78 is 1.14. The van der Waals surface area contributed by atoms with Gasteiger partial charge in [0, 0.05) is 6.04 Å². The Morgan fingerprint density at radius 2 is 1.78 bits per heavy atom. The molecule has 1 aromatic carbocycles. The van der Waals surface area contributed by atoms with Crippen molar-refractivity contribution in [2.24, 2.45) is 5.73 Å². The fourth-order valence-corrected chi connectivity index (χ4v) is 3.63. The fourth-order valence-electron chi connectivity index (χ4n) is 2.39. The molecule has 2 aromatic rings. The van der Waals surface area contributed by atoms with Gasteiger partial charge in [-0.25, -0.2) is 0 Å². The number of benzene rings is 1. The van der Waals surface area contributed by atoms with Crippen LogP contribution >= 0.6 is 27.3 Å². The maximum absolute atomic E-state index is 6.30. The van der Waals surface area contributed by atoms with Crippen LogP contribution in [0.1, 0.15) is 33.9 Å². The Bertz CT molecular complexity index is 536. The third kappa shape index (κ3) is 3.02. The second-order valence-electron chi connectivity index (χ2n) is 4.87. The Morgan fingerprint density at radius 3 is 2.28 bits per heavy atom. The minimum atomic E-state index is 0.0765. The highest BCUT2D eigenvalue weighted by Gasteiger charge is 2.12. The summed E-state index contributed by atoms with van der Waals surface area (Å²) in [6, 6.07) is 6.67. The molecule has 1 atom stereocenters. The quantitative estimate of drug-likeness (QED) is 0.872. The van der Waals surface area contributed by atoms with Gasteiger partial charge >= 0.3 is 0 Å². The fraction of sp³-hybridized carbons (Fsp3) is 0.333. The molecule has 1 heterocycles. The zero-order chi connectivity index (χ0) is 13.3. The van der Waals surface area contributed by atoms with Crippen molar-refractivity contribution < 1.29 is 0 Å². The first kappa shape index (κ1) is 13.8. The van der Waals surface area contributed by atoms with E-state index in [4.69, 9.17) is 5.73 Å². The topological polar surface area (TPSA) is 26.0 Å². The van der Waals surface area contributed by atoms with Crippen LogP contribution in [0.5, 0.6) is 0 Å². The Morgan fingerprint density at radius 1 is 1.17 bits per heavy atom. The highest BCUT2D eigenvalue weighted by atomic mass is 79.9. The van der Waals surface area contributed by atoms with E-state index < -0.39 is 0 Å². The second kappa shape index (κ2) is 5.55. The standard InChI is InChI=1S/C15H18BrNS/c1-9-4-10(2)13(11(3)5-9)7-14(17)12-6-15(16)18-8-12/h4-6,8,14H,7,17H2,1-3H3. The maximum atomic E-state index is 6.30. The smallest absolute Gasteiger partial charge is 0.0701 e. The van der Waals surface area contributed by atoms with Crippen molar-refractivity contribution in [2.75, 3.05) is 0 Å². The molecule has 0 bridgehead atoms. The van der Waals surface area contributed by atoms with E-state index in [-0.39, 0.29) is 6.04 Å². The summed E-state index contributed by atoms with van der Waals surface area (Å²) in [7, 11) is 0. The van der Waals surface area contributed by atoms with Crippen LogP contribution in [0.25, 0.3) is 0 Å². The average Bonchev–Trinajstić information content (AvgIpc) is 2.70. The third-order valence-electron chi connectivity index (χ3n) is 3.28. The van der Waals surface area contributed by atoms with Crippen molar-refractivity contribution in [3.8, 4) is 0 Å². The summed E-state index contributed by atoms with van der Waals surface area (Å²) >= 11 is 5.18. The first-order chi connectivity index (χ1) is 8.47. The molecule has 0 aliphatic carbocycles. The van der Waals surface area contributed by atoms with Gasteiger partial charge in [-0.3, -0.25) is 0 Å². The predicted octanol–water partition coefficient (Wildman–Crippen LogP) is 4.68. The molecule has 1 nitrogen and oxygen atoms in total. The highest BCUT2D eigenvalue weighted by molar-refractivity contribution is 9.11. The highest BCUT2D eigenvalue weighted by Crippen LogP contribution is 2.28. The van der Waals surface area contributed by atoms with Gasteiger partial charge in [-0.1, -0.05) is 17.7 Å². The second-order valence-corrected chi connectivity index (χ2v) is 7.16. The normalized spacial score (nSPS) is 12.7. The van der Waals surface area contributed by atoms with E-state index in [0.29, 0.717) is 0 Å². The molecule has 2 rings (SSSR count). The van der Waals surface area contributed by atoms with Crippen LogP contribution in [0.2, 0.25) is 0 Å². The van der Waals surface area contributed by atoms with E-state index in [2.05, 4.69) is 60.3 Å². The van der Waals surface area contributed by atoms with Crippen LogP contribution in [-0.2, 0) is 6.42 Å². The van der Waals surface area contributed by atoms with Crippen LogP contribution in [0.4, 0.5) is 0 Å². The third-order valence-corrected chi connectivity index (χ3v) is 4.80. The Hall–Kier alpha value is -0.640. The van der Waals surface area contributed by atoms with Crippen molar-refractivity contribution in [1.82, 2.24) is 0 Å². The molecule has 0 saturated carbocycles. The minimum absolute atomic E-state index is 0.0765. The summed E-state index contributed by atoms with van der Waals surface area (Å²) in [4.78, 5) is 0. The molecule has 0 radical (unpaired) electrons. The molecule has 0 aliphatic heterocycles. The molecule has 0 fully saturated rings. The predicted molar refractivity (Wildman–Crippen MR) is 83.3 cm³/mol. The van der Waals surface area contributed by atoms with Crippen molar-refractivity contribution in [2.45, 2.75) is 33.2 Å². The van der Waals surface area contributed by atoms with Crippen molar-refractivity contribution in [1.29, 1.82) is 0 Å². The van der Waals surface area contributed by atoms with Crippen LogP contribution in [0.15, 0.2) is 27.4 Å². The lowest BCUT2D eigenvalue weighted by Crippen LogP contribution is -2.14. The van der Waals surface area contributed by atoms with Gasteiger partial charge in [0.05, 0.1) is 3.79 Å². The van der Waals surface area contributed by atoms with Crippen LogP contribution in [0.3, 0.4) is 0 Å². The lowest BCUT2D eigenvalue weighted by Gasteiger charge is -2.15. The summed E-state index contributed by atoms with van der Waals surface area (Å²) in [6.07, 6.45) is 0.904. The Labute approximate surface area is 121 Å². The van der Waals surface area contributed by atoms with Gasteiger partial charge in [0.2, 0.25) is 0 Å². The number of hydrogen-bond donors (Lipinski definition) is 1. The number of rotatable bonds is 3. The van der Waals surface area contributed by atoms with Crippen molar-refractivity contribution in [3.05, 3.63) is 55.2 Å². The molecule has 1 unspecified atom stereocenters. The largest absolute Gasteiger partial charge is 0.324 e. The SMILES string of the molecule is Cc1cc(C)c(CC(N)c2csc(Br)c2)c(C)c1. The van der Waals surface area contributed by atoms with E-state index in [0.717, 1.165) is 10.2 Å². The Kier molecular flexibility index (Phi) is 4.25. The average molecular weight is 324 g/mol. The van der Waals surface area contributed by atoms with Crippen LogP contribution in [0, 0.1) is 20.8 Å². The van der Waals surface area contributed by atoms with Gasteiger partial charge in [0.1, 0.15) is 0 Å². The van der Waals surface area contributed by atoms with Crippen LogP contribution < -0.4 is 5.73 Å². The van der Waals surface area contributed by atoms with E-state index in [9.17, 15) is 0 Å². The molecule has 0 spiro atoms. The molecule has 0 saturated heterocycles. The summed E-state index contributed by atoms with van der Waals surface area (Å²) in [5.41, 5.74) is 12.9. The van der Waals surface area contributed by atoms with E-state index in [1.54, 1.807) is 11.3 Å². The van der Waals surface area contributed by atoms with Gasteiger partial charge < -0.3 is 5.73 Å². The summed E-state index contributed by atoms with van der Waals surface area (Å²) in [5.74, 6) is 0. The molecule has 3 heteroatoms. The molecule has 96 valence electrons.